The molecule has 0 saturated heterocycles. The highest BCUT2D eigenvalue weighted by molar-refractivity contribution is 5.91. The summed E-state index contributed by atoms with van der Waals surface area (Å²) in [5.41, 5.74) is 0. The van der Waals surface area contributed by atoms with Gasteiger partial charge in [-0.2, -0.15) is 0 Å². The Bertz CT molecular complexity index is 315. The maximum Gasteiger partial charge on any atom is 0.331 e. The molecule has 0 amide bonds. The SMILES string of the molecule is O=C(/C=C\C(=O)OC1CCCCC1)OC1CCCCC1. The van der Waals surface area contributed by atoms with Crippen LogP contribution in [-0.2, 0) is 19.1 Å². The zero-order valence-corrected chi connectivity index (χ0v) is 12.0. The zero-order valence-electron chi connectivity index (χ0n) is 12.0. The summed E-state index contributed by atoms with van der Waals surface area (Å²) < 4.78 is 10.6. The molecule has 2 fully saturated rings. The molecule has 0 aromatic rings. The Balaban J connectivity index is 1.67. The Kier molecular flexibility index (Phi) is 6.09. The summed E-state index contributed by atoms with van der Waals surface area (Å²) in [5, 5.41) is 0. The molecule has 2 rings (SSSR count). The van der Waals surface area contributed by atoms with Gasteiger partial charge < -0.3 is 9.47 Å². The first-order valence-corrected chi connectivity index (χ1v) is 7.83. The molecule has 0 spiro atoms. The van der Waals surface area contributed by atoms with Crippen molar-refractivity contribution in [1.82, 2.24) is 0 Å². The Morgan fingerprint density at radius 2 is 1.00 bits per heavy atom. The van der Waals surface area contributed by atoms with Crippen LogP contribution in [-0.4, -0.2) is 24.1 Å². The van der Waals surface area contributed by atoms with E-state index >= 15 is 0 Å². The Labute approximate surface area is 120 Å². The first-order valence-electron chi connectivity index (χ1n) is 7.83. The second-order valence-electron chi connectivity index (χ2n) is 5.73. The van der Waals surface area contributed by atoms with E-state index in [4.69, 9.17) is 9.47 Å². The van der Waals surface area contributed by atoms with E-state index in [1.165, 1.54) is 25.0 Å². The van der Waals surface area contributed by atoms with Crippen LogP contribution in [0.4, 0.5) is 0 Å². The van der Waals surface area contributed by atoms with Gasteiger partial charge in [0, 0.05) is 12.2 Å². The number of esters is 2. The monoisotopic (exact) mass is 280 g/mol. The van der Waals surface area contributed by atoms with Crippen LogP contribution < -0.4 is 0 Å². The van der Waals surface area contributed by atoms with Gasteiger partial charge in [0.05, 0.1) is 0 Å². The molecule has 0 bridgehead atoms. The molecule has 4 heteroatoms. The number of carbonyl (C=O) groups is 2. The summed E-state index contributed by atoms with van der Waals surface area (Å²) in [4.78, 5) is 23.2. The van der Waals surface area contributed by atoms with E-state index in [9.17, 15) is 9.59 Å². The molecular weight excluding hydrogens is 256 g/mol. The predicted octanol–water partition coefficient (Wildman–Crippen LogP) is 3.29. The van der Waals surface area contributed by atoms with E-state index in [1.54, 1.807) is 0 Å². The van der Waals surface area contributed by atoms with Gasteiger partial charge in [0.2, 0.25) is 0 Å². The van der Waals surface area contributed by atoms with Gasteiger partial charge in [0.25, 0.3) is 0 Å². The summed E-state index contributed by atoms with van der Waals surface area (Å²) in [5.74, 6) is -0.866. The van der Waals surface area contributed by atoms with Crippen molar-refractivity contribution < 1.29 is 19.1 Å². The lowest BCUT2D eigenvalue weighted by molar-refractivity contribution is -0.147. The van der Waals surface area contributed by atoms with Gasteiger partial charge in [-0.05, 0) is 51.4 Å². The number of rotatable bonds is 4. The van der Waals surface area contributed by atoms with Crippen LogP contribution in [0.25, 0.3) is 0 Å². The highest BCUT2D eigenvalue weighted by atomic mass is 16.5. The normalized spacial score (nSPS) is 21.8. The Morgan fingerprint density at radius 3 is 1.35 bits per heavy atom. The third-order valence-electron chi connectivity index (χ3n) is 4.03. The molecule has 20 heavy (non-hydrogen) atoms. The molecular formula is C16H24O4. The van der Waals surface area contributed by atoms with Crippen LogP contribution in [0.1, 0.15) is 64.2 Å². The predicted molar refractivity (Wildman–Crippen MR) is 75.1 cm³/mol. The topological polar surface area (TPSA) is 52.6 Å². The van der Waals surface area contributed by atoms with Crippen molar-refractivity contribution in [2.75, 3.05) is 0 Å². The van der Waals surface area contributed by atoms with Gasteiger partial charge in [-0.15, -0.1) is 0 Å². The van der Waals surface area contributed by atoms with Crippen molar-refractivity contribution in [2.45, 2.75) is 76.4 Å². The average molecular weight is 280 g/mol. The summed E-state index contributed by atoms with van der Waals surface area (Å²) in [6, 6.07) is 0. The lowest BCUT2D eigenvalue weighted by Crippen LogP contribution is -2.21. The van der Waals surface area contributed by atoms with Crippen molar-refractivity contribution in [2.24, 2.45) is 0 Å². The van der Waals surface area contributed by atoms with E-state index < -0.39 is 11.9 Å². The number of carbonyl (C=O) groups excluding carboxylic acids is 2. The van der Waals surface area contributed by atoms with E-state index in [-0.39, 0.29) is 12.2 Å². The van der Waals surface area contributed by atoms with Crippen molar-refractivity contribution >= 4 is 11.9 Å². The fraction of sp³-hybridized carbons (Fsp3) is 0.750. The van der Waals surface area contributed by atoms with Crippen LogP contribution in [0.5, 0.6) is 0 Å². The molecule has 4 nitrogen and oxygen atoms in total. The highest BCUT2D eigenvalue weighted by Gasteiger charge is 2.18. The smallest absolute Gasteiger partial charge is 0.331 e. The second kappa shape index (κ2) is 8.08. The van der Waals surface area contributed by atoms with Gasteiger partial charge in [-0.1, -0.05) is 12.8 Å². The summed E-state index contributed by atoms with van der Waals surface area (Å²) >= 11 is 0. The maximum atomic E-state index is 11.6. The average Bonchev–Trinajstić information content (AvgIpc) is 2.47. The number of hydrogen-bond donors (Lipinski definition) is 0. The van der Waals surface area contributed by atoms with Crippen molar-refractivity contribution in [3.05, 3.63) is 12.2 Å². The molecule has 0 aromatic heterocycles. The molecule has 112 valence electrons. The minimum absolute atomic E-state index is 0.0234. The largest absolute Gasteiger partial charge is 0.459 e. The summed E-state index contributed by atoms with van der Waals surface area (Å²) in [7, 11) is 0. The molecule has 0 N–H and O–H groups in total. The van der Waals surface area contributed by atoms with Gasteiger partial charge in [0.1, 0.15) is 12.2 Å². The van der Waals surface area contributed by atoms with Gasteiger partial charge in [0.15, 0.2) is 0 Å². The minimum Gasteiger partial charge on any atom is -0.459 e. The van der Waals surface area contributed by atoms with Crippen LogP contribution in [0, 0.1) is 0 Å². The molecule has 2 aliphatic carbocycles. The quantitative estimate of drug-likeness (QED) is 0.585. The summed E-state index contributed by atoms with van der Waals surface area (Å²) in [6.45, 7) is 0. The Morgan fingerprint density at radius 1 is 0.650 bits per heavy atom. The first kappa shape index (κ1) is 15.1. The van der Waals surface area contributed by atoms with Gasteiger partial charge >= 0.3 is 11.9 Å². The fourth-order valence-corrected chi connectivity index (χ4v) is 2.91. The maximum absolute atomic E-state index is 11.6. The van der Waals surface area contributed by atoms with Crippen molar-refractivity contribution in [3.63, 3.8) is 0 Å². The lowest BCUT2D eigenvalue weighted by atomic mass is 9.98. The van der Waals surface area contributed by atoms with E-state index in [1.807, 2.05) is 0 Å². The molecule has 0 aromatic carbocycles. The van der Waals surface area contributed by atoms with Gasteiger partial charge in [-0.3, -0.25) is 0 Å². The standard InChI is InChI=1S/C16H24O4/c17-15(19-13-7-3-1-4-8-13)11-12-16(18)20-14-9-5-2-6-10-14/h11-14H,1-10H2/b12-11-. The Hall–Kier alpha value is -1.32. The van der Waals surface area contributed by atoms with E-state index in [0.717, 1.165) is 51.4 Å². The van der Waals surface area contributed by atoms with Gasteiger partial charge in [-0.25, -0.2) is 9.59 Å². The second-order valence-corrected chi connectivity index (χ2v) is 5.73. The summed E-state index contributed by atoms with van der Waals surface area (Å²) in [6.07, 6.45) is 13.1. The number of ether oxygens (including phenoxy) is 2. The van der Waals surface area contributed by atoms with Crippen molar-refractivity contribution in [1.29, 1.82) is 0 Å². The fourth-order valence-electron chi connectivity index (χ4n) is 2.91. The zero-order chi connectivity index (χ0) is 14.2. The molecule has 0 radical (unpaired) electrons. The molecule has 0 atom stereocenters. The van der Waals surface area contributed by atoms with Crippen LogP contribution in [0.15, 0.2) is 12.2 Å². The molecule has 0 unspecified atom stereocenters. The number of hydrogen-bond acceptors (Lipinski definition) is 4. The van der Waals surface area contributed by atoms with Crippen molar-refractivity contribution in [3.8, 4) is 0 Å². The van der Waals surface area contributed by atoms with E-state index in [0.29, 0.717) is 0 Å². The lowest BCUT2D eigenvalue weighted by Gasteiger charge is -2.21. The molecule has 0 aliphatic heterocycles. The van der Waals surface area contributed by atoms with Crippen LogP contribution in [0.2, 0.25) is 0 Å². The third-order valence-corrected chi connectivity index (χ3v) is 4.03. The van der Waals surface area contributed by atoms with E-state index in [2.05, 4.69) is 0 Å². The third kappa shape index (κ3) is 5.35. The van der Waals surface area contributed by atoms with Crippen LogP contribution >= 0.6 is 0 Å². The molecule has 2 aliphatic rings. The van der Waals surface area contributed by atoms with Crippen LogP contribution in [0.3, 0.4) is 0 Å². The first-order chi connectivity index (χ1) is 9.74. The minimum atomic E-state index is -0.433. The highest BCUT2D eigenvalue weighted by Crippen LogP contribution is 2.21. The molecule has 2 saturated carbocycles. The molecule has 0 heterocycles.